The van der Waals surface area contributed by atoms with Gasteiger partial charge in [0.15, 0.2) is 12.4 Å². The maximum Gasteiger partial charge on any atom is 0.312 e. The number of carbonyl (C=O) groups is 1. The fourth-order valence-corrected chi connectivity index (χ4v) is 5.59. The molecule has 1 aliphatic rings. The molecule has 0 radical (unpaired) electrons. The number of hydrogen-bond acceptors (Lipinski definition) is 9. The van der Waals surface area contributed by atoms with Gasteiger partial charge in [-0.2, -0.15) is 9.78 Å². The van der Waals surface area contributed by atoms with Crippen molar-refractivity contribution in [1.29, 1.82) is 0 Å². The van der Waals surface area contributed by atoms with Crippen molar-refractivity contribution in [2.75, 3.05) is 32.9 Å². The summed E-state index contributed by atoms with van der Waals surface area (Å²) in [6.07, 6.45) is 1.31. The Hall–Kier alpha value is -4.40. The number of aromatic nitrogens is 2. The largest absolute Gasteiger partial charge is 0.476 e. The molecule has 1 amide bonds. The van der Waals surface area contributed by atoms with Crippen LogP contribution < -0.4 is 10.3 Å². The van der Waals surface area contributed by atoms with E-state index in [-0.39, 0.29) is 34.2 Å². The first-order valence-corrected chi connectivity index (χ1v) is 14.6. The molecule has 12 nitrogen and oxygen atoms in total. The van der Waals surface area contributed by atoms with Crippen LogP contribution in [0.4, 0.5) is 5.69 Å². The van der Waals surface area contributed by atoms with Crippen molar-refractivity contribution in [2.24, 2.45) is 5.10 Å². The summed E-state index contributed by atoms with van der Waals surface area (Å²) in [4.78, 5) is 43.7. The second-order valence-electron chi connectivity index (χ2n) is 9.50. The Morgan fingerprint density at radius 1 is 1.12 bits per heavy atom. The topological polar surface area (TPSA) is 142 Å². The lowest BCUT2D eigenvalue weighted by molar-refractivity contribution is -0.385. The number of furan rings is 1. The van der Waals surface area contributed by atoms with Crippen LogP contribution in [0.25, 0.3) is 33.5 Å². The number of nitro groups is 1. The Kier molecular flexibility index (Phi) is 8.06. The molecule has 2 aromatic heterocycles. The van der Waals surface area contributed by atoms with E-state index in [1.165, 1.54) is 12.3 Å². The highest BCUT2D eigenvalue weighted by molar-refractivity contribution is 9.10. The van der Waals surface area contributed by atoms with E-state index in [4.69, 9.17) is 13.9 Å². The number of para-hydroxylation sites is 1. The normalized spacial score (nSPS) is 13.7. The summed E-state index contributed by atoms with van der Waals surface area (Å²) in [5.41, 5.74) is 0.525. The quantitative estimate of drug-likeness (QED) is 0.125. The number of morpholine rings is 1. The van der Waals surface area contributed by atoms with Crippen LogP contribution in [0.15, 0.2) is 83.9 Å². The summed E-state index contributed by atoms with van der Waals surface area (Å²) in [6, 6.07) is 16.9. The van der Waals surface area contributed by atoms with Crippen LogP contribution in [0.5, 0.6) is 5.75 Å². The zero-order valence-corrected chi connectivity index (χ0v) is 25.4. The van der Waals surface area contributed by atoms with Gasteiger partial charge < -0.3 is 18.8 Å². The molecule has 1 saturated heterocycles. The standard InChI is InChI=1S/C29H21Br2N5O7/c30-19-5-6-24-18(13-19)14-25(43-24)28-33-22-4-2-1-3-20(22)29(38)35(28)32-15-17-11-21(31)27(23(12-17)36(39)40)42-16-26(37)34-7-9-41-10-8-34/h1-6,11-15H,7-10,16H2. The number of rotatable bonds is 7. The van der Waals surface area contributed by atoms with E-state index in [2.05, 4.69) is 41.9 Å². The van der Waals surface area contributed by atoms with Crippen LogP contribution in [0, 0.1) is 10.1 Å². The molecule has 0 saturated carbocycles. The van der Waals surface area contributed by atoms with Crippen molar-refractivity contribution >= 4 is 71.5 Å². The first kappa shape index (κ1) is 28.7. The number of amides is 1. The molecule has 0 atom stereocenters. The molecule has 3 heterocycles. The maximum absolute atomic E-state index is 13.6. The van der Waals surface area contributed by atoms with Gasteiger partial charge in [-0.1, -0.05) is 28.1 Å². The third kappa shape index (κ3) is 5.94. The Bertz CT molecular complexity index is 1980. The Balaban J connectivity index is 1.37. The smallest absolute Gasteiger partial charge is 0.312 e. The number of ether oxygens (including phenoxy) is 2. The highest BCUT2D eigenvalue weighted by Crippen LogP contribution is 2.36. The summed E-state index contributed by atoms with van der Waals surface area (Å²) >= 11 is 6.78. The van der Waals surface area contributed by atoms with Gasteiger partial charge >= 0.3 is 5.69 Å². The molecule has 6 rings (SSSR count). The molecule has 1 aliphatic heterocycles. The third-order valence-electron chi connectivity index (χ3n) is 6.72. The van der Waals surface area contributed by atoms with Gasteiger partial charge in [-0.25, -0.2) is 4.98 Å². The molecule has 5 aromatic rings. The van der Waals surface area contributed by atoms with E-state index in [1.54, 1.807) is 47.4 Å². The molecule has 218 valence electrons. The molecule has 0 spiro atoms. The average Bonchev–Trinajstić information content (AvgIpc) is 3.43. The zero-order chi connectivity index (χ0) is 30.1. The summed E-state index contributed by atoms with van der Waals surface area (Å²) in [5.74, 6) is 0.0718. The minimum Gasteiger partial charge on any atom is -0.476 e. The number of halogens is 2. The van der Waals surface area contributed by atoms with Gasteiger partial charge in [-0.3, -0.25) is 19.7 Å². The second-order valence-corrected chi connectivity index (χ2v) is 11.3. The molecule has 0 unspecified atom stereocenters. The molecule has 1 fully saturated rings. The minimum absolute atomic E-state index is 0.0950. The first-order valence-electron chi connectivity index (χ1n) is 13.0. The van der Waals surface area contributed by atoms with E-state index in [1.807, 2.05) is 12.1 Å². The van der Waals surface area contributed by atoms with Crippen molar-refractivity contribution in [1.82, 2.24) is 14.6 Å². The third-order valence-corrected chi connectivity index (χ3v) is 7.80. The number of nitrogens with zero attached hydrogens (tertiary/aromatic N) is 5. The van der Waals surface area contributed by atoms with E-state index >= 15 is 0 Å². The van der Waals surface area contributed by atoms with Crippen LogP contribution >= 0.6 is 31.9 Å². The minimum atomic E-state index is -0.613. The van der Waals surface area contributed by atoms with E-state index < -0.39 is 10.5 Å². The summed E-state index contributed by atoms with van der Waals surface area (Å²) < 4.78 is 19.1. The Morgan fingerprint density at radius 3 is 2.70 bits per heavy atom. The van der Waals surface area contributed by atoms with Crippen molar-refractivity contribution < 1.29 is 23.6 Å². The monoisotopic (exact) mass is 709 g/mol. The van der Waals surface area contributed by atoms with Crippen LogP contribution in [0.2, 0.25) is 0 Å². The molecular weight excluding hydrogens is 690 g/mol. The predicted molar refractivity (Wildman–Crippen MR) is 166 cm³/mol. The average molecular weight is 711 g/mol. The van der Waals surface area contributed by atoms with Crippen molar-refractivity contribution in [3.8, 4) is 17.3 Å². The lowest BCUT2D eigenvalue weighted by Crippen LogP contribution is -2.43. The lowest BCUT2D eigenvalue weighted by atomic mass is 10.2. The molecule has 0 N–H and O–H groups in total. The van der Waals surface area contributed by atoms with E-state index in [9.17, 15) is 19.7 Å². The summed E-state index contributed by atoms with van der Waals surface area (Å²) in [6.45, 7) is 1.34. The summed E-state index contributed by atoms with van der Waals surface area (Å²) in [5, 5.41) is 17.5. The van der Waals surface area contributed by atoms with Gasteiger partial charge in [0.25, 0.3) is 11.5 Å². The fourth-order valence-electron chi connectivity index (χ4n) is 4.63. The van der Waals surface area contributed by atoms with Crippen LogP contribution in [0.3, 0.4) is 0 Å². The molecule has 43 heavy (non-hydrogen) atoms. The number of fused-ring (bicyclic) bond motifs is 2. The SMILES string of the molecule is O=C(COc1c(Br)cc(C=Nn2c(-c3cc4cc(Br)ccc4o3)nc3ccccc3c2=O)cc1[N+](=O)[O-])N1CCOCC1. The van der Waals surface area contributed by atoms with Gasteiger partial charge in [0.2, 0.25) is 11.6 Å². The number of nitro benzene ring substituents is 1. The van der Waals surface area contributed by atoms with E-state index in [0.29, 0.717) is 54.1 Å². The second kappa shape index (κ2) is 12.1. The molecule has 0 aliphatic carbocycles. The van der Waals surface area contributed by atoms with Crippen LogP contribution in [-0.4, -0.2) is 64.5 Å². The number of carbonyl (C=O) groups excluding carboxylic acids is 1. The van der Waals surface area contributed by atoms with Crippen molar-refractivity contribution in [3.63, 3.8) is 0 Å². The molecule has 0 bridgehead atoms. The van der Waals surface area contributed by atoms with Crippen LogP contribution in [0.1, 0.15) is 5.56 Å². The highest BCUT2D eigenvalue weighted by atomic mass is 79.9. The van der Waals surface area contributed by atoms with Crippen LogP contribution in [-0.2, 0) is 9.53 Å². The van der Waals surface area contributed by atoms with Gasteiger partial charge in [-0.05, 0) is 58.4 Å². The molecule has 14 heteroatoms. The number of hydrogen-bond donors (Lipinski definition) is 0. The Labute approximate surface area is 259 Å². The maximum atomic E-state index is 13.6. The van der Waals surface area contributed by atoms with Gasteiger partial charge in [0.1, 0.15) is 5.58 Å². The van der Waals surface area contributed by atoms with Gasteiger partial charge in [-0.15, -0.1) is 0 Å². The predicted octanol–water partition coefficient (Wildman–Crippen LogP) is 5.36. The van der Waals surface area contributed by atoms with E-state index in [0.717, 1.165) is 14.5 Å². The van der Waals surface area contributed by atoms with Gasteiger partial charge in [0.05, 0.1) is 39.7 Å². The zero-order valence-electron chi connectivity index (χ0n) is 22.2. The molecule has 3 aromatic carbocycles. The highest BCUT2D eigenvalue weighted by Gasteiger charge is 2.24. The summed E-state index contributed by atoms with van der Waals surface area (Å²) in [7, 11) is 0. The van der Waals surface area contributed by atoms with Crippen molar-refractivity contribution in [2.45, 2.75) is 0 Å². The fraction of sp³-hybridized carbons (Fsp3) is 0.172. The van der Waals surface area contributed by atoms with Gasteiger partial charge in [0, 0.05) is 34.6 Å². The lowest BCUT2D eigenvalue weighted by Gasteiger charge is -2.26. The van der Waals surface area contributed by atoms with Crippen molar-refractivity contribution in [3.05, 3.63) is 95.6 Å². The molecular formula is C29H21Br2N5O7. The first-order chi connectivity index (χ1) is 20.8. The Morgan fingerprint density at radius 2 is 1.91 bits per heavy atom. The number of benzene rings is 3.